The molecule has 7 heteroatoms. The minimum Gasteiger partial charge on any atom is -0.366 e. The van der Waals surface area contributed by atoms with Crippen molar-refractivity contribution in [2.75, 3.05) is 0 Å². The van der Waals surface area contributed by atoms with Crippen LogP contribution in [0.3, 0.4) is 0 Å². The van der Waals surface area contributed by atoms with E-state index in [1.165, 1.54) is 13.1 Å². The lowest BCUT2D eigenvalue weighted by molar-refractivity contribution is -0.116. The second-order valence-electron chi connectivity index (χ2n) is 5.84. The molecule has 0 unspecified atom stereocenters. The van der Waals surface area contributed by atoms with E-state index in [0.717, 1.165) is 0 Å². The Balaban J connectivity index is 2.16. The molecule has 0 fully saturated rings. The van der Waals surface area contributed by atoms with E-state index in [0.29, 0.717) is 38.1 Å². The lowest BCUT2D eigenvalue weighted by atomic mass is 10.0. The van der Waals surface area contributed by atoms with Crippen LogP contribution < -0.4 is 5.73 Å². The Kier molecular flexibility index (Phi) is 5.11. The molecule has 0 spiro atoms. The number of benzene rings is 1. The normalized spacial score (nSPS) is 10.7. The fourth-order valence-corrected chi connectivity index (χ4v) is 3.14. The van der Waals surface area contributed by atoms with Crippen LogP contribution in [0, 0.1) is 0 Å². The molecule has 0 aliphatic carbocycles. The molecule has 0 atom stereocenters. The summed E-state index contributed by atoms with van der Waals surface area (Å²) < 4.78 is 1.69. The molecule has 0 aliphatic heterocycles. The van der Waals surface area contributed by atoms with E-state index < -0.39 is 5.91 Å². The predicted octanol–water partition coefficient (Wildman–Crippen LogP) is 4.08. The van der Waals surface area contributed by atoms with E-state index in [-0.39, 0.29) is 12.2 Å². The molecule has 2 N–H and O–H groups in total. The highest BCUT2D eigenvalue weighted by Crippen LogP contribution is 2.33. The standard InChI is InChI=1S/C19H15Cl2N3O2/c1-11(25)6-12-7-18(17(21)8-23-12)24-9-14(15(10-24)19(22)26)13-4-2-3-5-16(13)20/h2-5,7-10H,6H2,1H3,(H2,22,26). The number of primary amides is 1. The average Bonchev–Trinajstić information content (AvgIpc) is 3.01. The van der Waals surface area contributed by atoms with Gasteiger partial charge >= 0.3 is 0 Å². The van der Waals surface area contributed by atoms with Crippen molar-refractivity contribution in [1.82, 2.24) is 9.55 Å². The van der Waals surface area contributed by atoms with Gasteiger partial charge in [0.15, 0.2) is 0 Å². The molecule has 0 aliphatic rings. The molecule has 1 aromatic carbocycles. The van der Waals surface area contributed by atoms with E-state index in [2.05, 4.69) is 4.98 Å². The van der Waals surface area contributed by atoms with Gasteiger partial charge in [0.05, 0.1) is 16.3 Å². The van der Waals surface area contributed by atoms with Gasteiger partial charge < -0.3 is 10.3 Å². The summed E-state index contributed by atoms with van der Waals surface area (Å²) in [4.78, 5) is 27.4. The highest BCUT2D eigenvalue weighted by molar-refractivity contribution is 6.33. The molecule has 5 nitrogen and oxygen atoms in total. The zero-order chi connectivity index (χ0) is 18.8. The van der Waals surface area contributed by atoms with Crippen LogP contribution in [0.4, 0.5) is 0 Å². The van der Waals surface area contributed by atoms with Gasteiger partial charge in [0.1, 0.15) is 5.78 Å². The Bertz CT molecular complexity index is 1010. The van der Waals surface area contributed by atoms with Gasteiger partial charge in [-0.2, -0.15) is 0 Å². The van der Waals surface area contributed by atoms with Crippen molar-refractivity contribution < 1.29 is 9.59 Å². The summed E-state index contributed by atoms with van der Waals surface area (Å²) in [5.74, 6) is -0.583. The number of hydrogen-bond acceptors (Lipinski definition) is 3. The van der Waals surface area contributed by atoms with Gasteiger partial charge in [0.2, 0.25) is 0 Å². The van der Waals surface area contributed by atoms with Crippen LogP contribution >= 0.6 is 23.2 Å². The summed E-state index contributed by atoms with van der Waals surface area (Å²) in [5.41, 5.74) is 8.34. The predicted molar refractivity (Wildman–Crippen MR) is 102 cm³/mol. The van der Waals surface area contributed by atoms with Gasteiger partial charge in [-0.1, -0.05) is 41.4 Å². The maximum absolute atomic E-state index is 11.9. The Morgan fingerprint density at radius 3 is 2.50 bits per heavy atom. The maximum Gasteiger partial charge on any atom is 0.250 e. The van der Waals surface area contributed by atoms with Gasteiger partial charge in [-0.15, -0.1) is 0 Å². The van der Waals surface area contributed by atoms with Crippen LogP contribution in [0.2, 0.25) is 10.0 Å². The fraction of sp³-hybridized carbons (Fsp3) is 0.105. The largest absolute Gasteiger partial charge is 0.366 e. The monoisotopic (exact) mass is 387 g/mol. The third-order valence-electron chi connectivity index (χ3n) is 3.86. The van der Waals surface area contributed by atoms with E-state index >= 15 is 0 Å². The van der Waals surface area contributed by atoms with E-state index in [1.54, 1.807) is 35.2 Å². The van der Waals surface area contributed by atoms with Crippen LogP contribution in [0.15, 0.2) is 48.9 Å². The van der Waals surface area contributed by atoms with Crippen molar-refractivity contribution in [2.24, 2.45) is 5.73 Å². The molecule has 26 heavy (non-hydrogen) atoms. The van der Waals surface area contributed by atoms with Gasteiger partial charge in [0.25, 0.3) is 5.91 Å². The SMILES string of the molecule is CC(=O)Cc1cc(-n2cc(C(N)=O)c(-c3ccccc3Cl)c2)c(Cl)cn1. The van der Waals surface area contributed by atoms with Crippen molar-refractivity contribution in [3.8, 4) is 16.8 Å². The summed E-state index contributed by atoms with van der Waals surface area (Å²) >= 11 is 12.5. The molecule has 132 valence electrons. The Morgan fingerprint density at radius 1 is 1.12 bits per heavy atom. The van der Waals surface area contributed by atoms with Gasteiger partial charge in [-0.3, -0.25) is 14.6 Å². The summed E-state index contributed by atoms with van der Waals surface area (Å²) in [6.45, 7) is 1.49. The number of aromatic nitrogens is 2. The zero-order valence-corrected chi connectivity index (χ0v) is 15.4. The number of nitrogens with zero attached hydrogens (tertiary/aromatic N) is 2. The Morgan fingerprint density at radius 2 is 1.85 bits per heavy atom. The lowest BCUT2D eigenvalue weighted by Crippen LogP contribution is -2.11. The first-order chi connectivity index (χ1) is 12.4. The molecular formula is C19H15Cl2N3O2. The van der Waals surface area contributed by atoms with Gasteiger partial charge in [-0.05, 0) is 19.1 Å². The summed E-state index contributed by atoms with van der Waals surface area (Å²) in [7, 11) is 0. The van der Waals surface area contributed by atoms with E-state index in [4.69, 9.17) is 28.9 Å². The number of Topliss-reactive ketones (excluding diaryl/α,β-unsaturated/α-hetero) is 1. The second kappa shape index (κ2) is 7.32. The molecule has 0 bridgehead atoms. The maximum atomic E-state index is 11.9. The first kappa shape index (κ1) is 18.2. The van der Waals surface area contributed by atoms with Crippen molar-refractivity contribution in [3.05, 3.63) is 70.2 Å². The van der Waals surface area contributed by atoms with Crippen molar-refractivity contribution in [3.63, 3.8) is 0 Å². The van der Waals surface area contributed by atoms with Crippen LogP contribution in [0.5, 0.6) is 0 Å². The molecule has 0 radical (unpaired) electrons. The number of carbonyl (C=O) groups is 2. The number of ketones is 1. The Labute approximate surface area is 160 Å². The van der Waals surface area contributed by atoms with Crippen LogP contribution in [0.1, 0.15) is 23.0 Å². The van der Waals surface area contributed by atoms with E-state index in [9.17, 15) is 9.59 Å². The topological polar surface area (TPSA) is 78.0 Å². The number of nitrogens with two attached hydrogens (primary N) is 1. The second-order valence-corrected chi connectivity index (χ2v) is 6.66. The number of hydrogen-bond donors (Lipinski definition) is 1. The average molecular weight is 388 g/mol. The minimum atomic E-state index is -0.576. The van der Waals surface area contributed by atoms with Crippen LogP contribution in [-0.2, 0) is 11.2 Å². The molecule has 2 aromatic heterocycles. The smallest absolute Gasteiger partial charge is 0.250 e. The lowest BCUT2D eigenvalue weighted by Gasteiger charge is -2.07. The molecular weight excluding hydrogens is 373 g/mol. The number of carbonyl (C=O) groups excluding carboxylic acids is 2. The summed E-state index contributed by atoms with van der Waals surface area (Å²) in [6, 6.07) is 8.90. The summed E-state index contributed by atoms with van der Waals surface area (Å²) in [5, 5.41) is 0.889. The first-order valence-corrected chi connectivity index (χ1v) is 8.53. The van der Waals surface area contributed by atoms with Gasteiger partial charge in [0, 0.05) is 46.9 Å². The van der Waals surface area contributed by atoms with Crippen molar-refractivity contribution in [2.45, 2.75) is 13.3 Å². The van der Waals surface area contributed by atoms with E-state index in [1.807, 2.05) is 12.1 Å². The minimum absolute atomic E-state index is 0.00661. The zero-order valence-electron chi connectivity index (χ0n) is 13.9. The molecule has 1 amide bonds. The quantitative estimate of drug-likeness (QED) is 0.716. The number of amides is 1. The van der Waals surface area contributed by atoms with Crippen LogP contribution in [0.25, 0.3) is 16.8 Å². The first-order valence-electron chi connectivity index (χ1n) is 7.77. The number of halogens is 2. The summed E-state index contributed by atoms with van der Waals surface area (Å²) in [6.07, 6.45) is 5.01. The van der Waals surface area contributed by atoms with Crippen LogP contribution in [-0.4, -0.2) is 21.2 Å². The molecule has 3 aromatic rings. The fourth-order valence-electron chi connectivity index (χ4n) is 2.70. The molecule has 3 rings (SSSR count). The molecule has 2 heterocycles. The third-order valence-corrected chi connectivity index (χ3v) is 4.48. The number of pyridine rings is 1. The van der Waals surface area contributed by atoms with Crippen molar-refractivity contribution >= 4 is 34.9 Å². The van der Waals surface area contributed by atoms with Crippen molar-refractivity contribution in [1.29, 1.82) is 0 Å². The molecule has 0 saturated carbocycles. The highest BCUT2D eigenvalue weighted by Gasteiger charge is 2.18. The molecule has 0 saturated heterocycles. The number of rotatable bonds is 5. The third kappa shape index (κ3) is 3.64. The highest BCUT2D eigenvalue weighted by atomic mass is 35.5. The van der Waals surface area contributed by atoms with Gasteiger partial charge in [-0.25, -0.2) is 0 Å². The Hall–Kier alpha value is -2.63.